The van der Waals surface area contributed by atoms with E-state index in [1.807, 2.05) is 0 Å². The predicted molar refractivity (Wildman–Crippen MR) is 320 cm³/mol. The van der Waals surface area contributed by atoms with Crippen LogP contribution in [0, 0.1) is 0 Å². The zero-order chi connectivity index (χ0) is 68.3. The van der Waals surface area contributed by atoms with Crippen molar-refractivity contribution in [2.75, 3.05) is 45.9 Å². The van der Waals surface area contributed by atoms with E-state index in [0.717, 1.165) is 11.8 Å². The minimum Gasteiger partial charge on any atom is -0.480 e. The average Bonchev–Trinajstić information content (AvgIpc) is 2.64. The summed E-state index contributed by atoms with van der Waals surface area (Å²) in [5.41, 5.74) is 38.8. The first kappa shape index (κ1) is 77.3. The number of carbonyl (C=O) groups excluding carboxylic acids is 13. The fourth-order valence-corrected chi connectivity index (χ4v) is 8.98. The van der Waals surface area contributed by atoms with Crippen LogP contribution in [0.2, 0.25) is 0 Å². The Hall–Kier alpha value is -9.79. The largest absolute Gasteiger partial charge is 0.480 e. The van der Waals surface area contributed by atoms with Gasteiger partial charge in [-0.05, 0) is 84.1 Å². The number of unbranched alkanes of at least 4 members (excludes halogenated alkanes) is 1. The van der Waals surface area contributed by atoms with Gasteiger partial charge in [0.05, 0.1) is 19.5 Å². The summed E-state index contributed by atoms with van der Waals surface area (Å²) in [4.78, 5) is 201. The molecule has 2 rings (SSSR count). The van der Waals surface area contributed by atoms with E-state index < -0.39 is 189 Å². The Morgan fingerprint density at radius 2 is 1.02 bits per heavy atom. The SMILES string of the molecule is CC(=O)NC(C)C(=O)NC(CO)C(=O)NC(CCC(N)=O)C(=O)NC(CCCCN)C(=O)NC(CCCN=C(N)N)C(=O)N1CCCC1C(=O)NC(CO)C(=O)NC(CCC(N)=O)C(=O)NC(CCCN=C(N)N)C(=O)NC(Cc1cnc[nH]1)C(=O)NCC(=O)O. The number of nitrogens with one attached hydrogen (secondary N) is 11. The summed E-state index contributed by atoms with van der Waals surface area (Å²) in [5.74, 6) is -14.3. The minimum absolute atomic E-state index is 0.0163. The number of amides is 13. The molecular weight excluding hydrogens is 1200 g/mol. The van der Waals surface area contributed by atoms with Crippen molar-refractivity contribution in [3.63, 3.8) is 0 Å². The number of carbonyl (C=O) groups is 14. The van der Waals surface area contributed by atoms with Gasteiger partial charge in [-0.3, -0.25) is 77.1 Å². The molecule has 39 heteroatoms. The summed E-state index contributed by atoms with van der Waals surface area (Å²) in [5, 5.41) is 53.5. The van der Waals surface area contributed by atoms with Gasteiger partial charge in [-0.2, -0.15) is 0 Å². The summed E-state index contributed by atoms with van der Waals surface area (Å²) in [6.45, 7) is -0.470. The normalized spacial score (nSPS) is 15.5. The van der Waals surface area contributed by atoms with E-state index in [1.165, 1.54) is 19.4 Å². The summed E-state index contributed by atoms with van der Waals surface area (Å²) < 4.78 is 0. The van der Waals surface area contributed by atoms with Crippen LogP contribution in [0.25, 0.3) is 0 Å². The number of aromatic nitrogens is 2. The number of nitrogens with two attached hydrogens (primary N) is 7. The second-order valence-corrected chi connectivity index (χ2v) is 21.1. The van der Waals surface area contributed by atoms with Crippen molar-refractivity contribution in [2.24, 2.45) is 50.1 Å². The number of carboxylic acids is 1. The molecule has 1 fully saturated rings. The highest BCUT2D eigenvalue weighted by Gasteiger charge is 2.41. The van der Waals surface area contributed by atoms with E-state index in [-0.39, 0.29) is 95.9 Å². The van der Waals surface area contributed by atoms with Gasteiger partial charge < -0.3 is 119 Å². The number of H-pyrrole nitrogens is 1. The standard InChI is InChI=1S/C52H88N22O17/c1-26(65-27(2)77)41(82)72-35(23-75)47(88)68-31(12-14-38(54)78)45(86)66-29(8-3-4-16-53)43(84)70-33(10-6-18-62-52(58)59)50(91)74-19-7-11-37(74)49(90)73-36(24-76)48(89)69-32(13-15-39(55)79)46(87)67-30(9-5-17-61-51(56)57)44(85)71-34(20-28-21-60-25-64-28)42(83)63-22-40(80)81/h21,25-26,29-37,75-76H,3-20,22-24,53H2,1-2H3,(H2,54,78)(H2,55,79)(H,60,64)(H,63,83)(H,65,77)(H,66,86)(H,67,87)(H,68,88)(H,69,89)(H,70,84)(H,71,85)(H,72,82)(H,73,90)(H,80,81)(H4,56,57,61)(H4,58,59,62). The molecule has 0 bridgehead atoms. The van der Waals surface area contributed by atoms with Crippen molar-refractivity contribution >= 4 is 94.7 Å². The van der Waals surface area contributed by atoms with Crippen LogP contribution < -0.4 is 93.3 Å². The third kappa shape index (κ3) is 29.4. The monoisotopic (exact) mass is 1290 g/mol. The number of aliphatic hydroxyl groups excluding tert-OH is 2. The number of primary amides is 2. The van der Waals surface area contributed by atoms with Crippen molar-refractivity contribution in [3.05, 3.63) is 18.2 Å². The van der Waals surface area contributed by atoms with Crippen LogP contribution in [0.3, 0.4) is 0 Å². The quantitative estimate of drug-likeness (QED) is 0.0164. The number of aromatic amines is 1. The Morgan fingerprint density at radius 1 is 0.582 bits per heavy atom. The molecule has 39 nitrogen and oxygen atoms in total. The number of likely N-dealkylation sites (tertiary alicyclic amines) is 1. The molecule has 1 aliphatic heterocycles. The Kier molecular flexibility index (Phi) is 34.6. The molecule has 0 radical (unpaired) electrons. The molecule has 0 aliphatic carbocycles. The molecule has 1 aromatic rings. The highest BCUT2D eigenvalue weighted by atomic mass is 16.4. The van der Waals surface area contributed by atoms with Crippen molar-refractivity contribution in [1.82, 2.24) is 68.0 Å². The maximum atomic E-state index is 14.7. The highest BCUT2D eigenvalue weighted by Crippen LogP contribution is 2.21. The van der Waals surface area contributed by atoms with Gasteiger partial charge in [0, 0.05) is 57.7 Å². The minimum atomic E-state index is -1.85. The Bertz CT molecular complexity index is 2730. The first-order chi connectivity index (χ1) is 43.0. The Labute approximate surface area is 522 Å². The van der Waals surface area contributed by atoms with Crippen LogP contribution in [0.1, 0.15) is 103 Å². The lowest BCUT2D eigenvalue weighted by atomic mass is 10.0. The van der Waals surface area contributed by atoms with Crippen LogP contribution >= 0.6 is 0 Å². The molecule has 508 valence electrons. The lowest BCUT2D eigenvalue weighted by Gasteiger charge is -2.31. The summed E-state index contributed by atoms with van der Waals surface area (Å²) in [6, 6.07) is -15.3. The number of aliphatic hydroxyl groups is 2. The molecule has 13 amide bonds. The second-order valence-electron chi connectivity index (χ2n) is 21.1. The van der Waals surface area contributed by atoms with E-state index in [4.69, 9.17) is 45.2 Å². The first-order valence-corrected chi connectivity index (χ1v) is 29.1. The number of aliphatic carboxylic acids is 1. The number of imidazole rings is 1. The molecule has 10 atom stereocenters. The fourth-order valence-electron chi connectivity index (χ4n) is 8.98. The number of rotatable bonds is 43. The van der Waals surface area contributed by atoms with Crippen LogP contribution in [0.4, 0.5) is 0 Å². The van der Waals surface area contributed by atoms with Gasteiger partial charge in [0.1, 0.15) is 67.0 Å². The van der Waals surface area contributed by atoms with Crippen molar-refractivity contribution in [1.29, 1.82) is 0 Å². The predicted octanol–water partition coefficient (Wildman–Crippen LogP) is -10.7. The average molecular weight is 1290 g/mol. The number of hydrogen-bond donors (Lipinski definition) is 21. The van der Waals surface area contributed by atoms with Gasteiger partial charge in [0.2, 0.25) is 76.8 Å². The maximum Gasteiger partial charge on any atom is 0.322 e. The number of carboxylic acid groups (broad SMARTS) is 1. The van der Waals surface area contributed by atoms with Crippen LogP contribution in [0.15, 0.2) is 22.5 Å². The fraction of sp³-hybridized carbons (Fsp3) is 0.635. The molecule has 10 unspecified atom stereocenters. The smallest absolute Gasteiger partial charge is 0.322 e. The number of guanidine groups is 2. The molecule has 2 heterocycles. The van der Waals surface area contributed by atoms with Crippen LogP contribution in [-0.4, -0.2) is 231 Å². The topological polar surface area (TPSA) is 659 Å². The van der Waals surface area contributed by atoms with E-state index in [9.17, 15) is 77.3 Å². The molecule has 1 aliphatic rings. The van der Waals surface area contributed by atoms with Crippen molar-refractivity contribution < 1.29 is 82.4 Å². The molecular formula is C52H88N22O17. The molecule has 91 heavy (non-hydrogen) atoms. The van der Waals surface area contributed by atoms with Gasteiger partial charge in [-0.15, -0.1) is 0 Å². The van der Waals surface area contributed by atoms with Crippen molar-refractivity contribution in [2.45, 2.75) is 164 Å². The van der Waals surface area contributed by atoms with Gasteiger partial charge in [0.25, 0.3) is 0 Å². The van der Waals surface area contributed by atoms with Crippen molar-refractivity contribution in [3.8, 4) is 0 Å². The van der Waals surface area contributed by atoms with E-state index in [1.54, 1.807) is 0 Å². The summed E-state index contributed by atoms with van der Waals surface area (Å²) >= 11 is 0. The Balaban J connectivity index is 2.46. The van der Waals surface area contributed by atoms with E-state index in [0.29, 0.717) is 12.1 Å². The molecule has 0 saturated carbocycles. The highest BCUT2D eigenvalue weighted by molar-refractivity contribution is 5.99. The third-order valence-electron chi connectivity index (χ3n) is 13.7. The number of nitrogens with zero attached hydrogens (tertiary/aromatic N) is 4. The zero-order valence-corrected chi connectivity index (χ0v) is 50.7. The Morgan fingerprint density at radius 3 is 1.46 bits per heavy atom. The molecule has 0 aromatic carbocycles. The van der Waals surface area contributed by atoms with E-state index in [2.05, 4.69) is 73.1 Å². The molecule has 1 aromatic heterocycles. The maximum absolute atomic E-state index is 14.7. The lowest BCUT2D eigenvalue weighted by molar-refractivity contribution is -0.143. The van der Waals surface area contributed by atoms with Gasteiger partial charge in [0.15, 0.2) is 11.9 Å². The number of aliphatic imine (C=N–C) groups is 2. The van der Waals surface area contributed by atoms with Crippen LogP contribution in [0.5, 0.6) is 0 Å². The zero-order valence-electron chi connectivity index (χ0n) is 50.7. The van der Waals surface area contributed by atoms with Gasteiger partial charge >= 0.3 is 5.97 Å². The summed E-state index contributed by atoms with van der Waals surface area (Å²) in [7, 11) is 0. The molecule has 1 saturated heterocycles. The number of hydrogen-bond acceptors (Lipinski definition) is 20. The van der Waals surface area contributed by atoms with E-state index >= 15 is 0 Å². The van der Waals surface area contributed by atoms with Gasteiger partial charge in [-0.1, -0.05) is 0 Å². The first-order valence-electron chi connectivity index (χ1n) is 29.1. The van der Waals surface area contributed by atoms with Crippen LogP contribution in [-0.2, 0) is 73.5 Å². The second kappa shape index (κ2) is 40.7. The lowest BCUT2D eigenvalue weighted by Crippen LogP contribution is -2.61. The van der Waals surface area contributed by atoms with Gasteiger partial charge in [-0.25, -0.2) is 4.98 Å². The molecule has 28 N–H and O–H groups in total. The third-order valence-corrected chi connectivity index (χ3v) is 13.7. The molecule has 0 spiro atoms. The summed E-state index contributed by atoms with van der Waals surface area (Å²) in [6.07, 6.45) is 0.827.